The largest absolute Gasteiger partial charge is 0.381 e. The molecule has 0 aliphatic heterocycles. The molecule has 0 unspecified atom stereocenters. The van der Waals surface area contributed by atoms with E-state index in [-0.39, 0.29) is 5.91 Å². The lowest BCUT2D eigenvalue weighted by Gasteiger charge is -2.28. The topological polar surface area (TPSA) is 61.6 Å². The summed E-state index contributed by atoms with van der Waals surface area (Å²) in [6, 6.07) is 0. The van der Waals surface area contributed by atoms with E-state index in [1.165, 1.54) is 25.7 Å². The van der Waals surface area contributed by atoms with Crippen molar-refractivity contribution in [2.45, 2.75) is 58.5 Å². The monoisotopic (exact) mass is 271 g/mol. The average Bonchev–Trinajstić information content (AvgIpc) is 2.37. The van der Waals surface area contributed by atoms with Gasteiger partial charge in [-0.3, -0.25) is 4.79 Å². The van der Waals surface area contributed by atoms with Crippen LogP contribution in [0.15, 0.2) is 0 Å². The van der Waals surface area contributed by atoms with Gasteiger partial charge in [-0.15, -0.1) is 0 Å². The van der Waals surface area contributed by atoms with Gasteiger partial charge in [-0.05, 0) is 57.8 Å². The standard InChI is InChI=1S/C15H29NO3/c1-12(2)19-11-14-7-5-13(6-8-14)10-18-9-3-4-15(16)17/h12-14H,3-11H2,1-2H3,(H2,16,17). The van der Waals surface area contributed by atoms with E-state index in [2.05, 4.69) is 13.8 Å². The van der Waals surface area contributed by atoms with E-state index in [4.69, 9.17) is 15.2 Å². The van der Waals surface area contributed by atoms with E-state index in [0.29, 0.717) is 25.0 Å². The minimum atomic E-state index is -0.241. The van der Waals surface area contributed by atoms with Gasteiger partial charge in [0.05, 0.1) is 6.10 Å². The molecule has 1 rings (SSSR count). The number of hydrogen-bond donors (Lipinski definition) is 1. The third-order valence-electron chi connectivity index (χ3n) is 3.70. The molecule has 0 radical (unpaired) electrons. The molecular weight excluding hydrogens is 242 g/mol. The van der Waals surface area contributed by atoms with Crippen molar-refractivity contribution < 1.29 is 14.3 Å². The van der Waals surface area contributed by atoms with Crippen molar-refractivity contribution in [2.24, 2.45) is 17.6 Å². The van der Waals surface area contributed by atoms with Crippen LogP contribution in [0.3, 0.4) is 0 Å². The molecule has 0 saturated heterocycles. The fourth-order valence-electron chi connectivity index (χ4n) is 2.49. The Hall–Kier alpha value is -0.610. The normalized spacial score (nSPS) is 23.7. The predicted molar refractivity (Wildman–Crippen MR) is 75.8 cm³/mol. The maximum atomic E-state index is 10.6. The third kappa shape index (κ3) is 8.22. The average molecular weight is 271 g/mol. The molecular formula is C15H29NO3. The predicted octanol–water partition coefficient (Wildman–Crippen LogP) is 2.50. The van der Waals surface area contributed by atoms with E-state index in [1.54, 1.807) is 0 Å². The van der Waals surface area contributed by atoms with Gasteiger partial charge in [0.25, 0.3) is 0 Å². The van der Waals surface area contributed by atoms with Crippen LogP contribution in [0.5, 0.6) is 0 Å². The molecule has 0 aromatic carbocycles. The van der Waals surface area contributed by atoms with Gasteiger partial charge < -0.3 is 15.2 Å². The Kier molecular flexibility index (Phi) is 8.07. The molecule has 0 spiro atoms. The quantitative estimate of drug-likeness (QED) is 0.655. The van der Waals surface area contributed by atoms with Crippen molar-refractivity contribution in [2.75, 3.05) is 19.8 Å². The van der Waals surface area contributed by atoms with Crippen LogP contribution >= 0.6 is 0 Å². The van der Waals surface area contributed by atoms with Crippen LogP contribution in [0, 0.1) is 11.8 Å². The lowest BCUT2D eigenvalue weighted by Crippen LogP contribution is -2.23. The van der Waals surface area contributed by atoms with Crippen LogP contribution in [0.25, 0.3) is 0 Å². The zero-order valence-electron chi connectivity index (χ0n) is 12.4. The first kappa shape index (κ1) is 16.4. The number of primary amides is 1. The van der Waals surface area contributed by atoms with Crippen molar-refractivity contribution in [3.8, 4) is 0 Å². The number of rotatable bonds is 9. The summed E-state index contributed by atoms with van der Waals surface area (Å²) in [6.07, 6.45) is 6.49. The summed E-state index contributed by atoms with van der Waals surface area (Å²) >= 11 is 0. The molecule has 4 nitrogen and oxygen atoms in total. The van der Waals surface area contributed by atoms with Crippen LogP contribution in [0.4, 0.5) is 0 Å². The summed E-state index contributed by atoms with van der Waals surface area (Å²) in [4.78, 5) is 10.6. The number of hydrogen-bond acceptors (Lipinski definition) is 3. The summed E-state index contributed by atoms with van der Waals surface area (Å²) in [6.45, 7) is 6.57. The molecule has 4 heteroatoms. The summed E-state index contributed by atoms with van der Waals surface area (Å²) in [5, 5.41) is 0. The molecule has 0 heterocycles. The van der Waals surface area contributed by atoms with Crippen LogP contribution in [-0.4, -0.2) is 31.8 Å². The van der Waals surface area contributed by atoms with Gasteiger partial charge >= 0.3 is 0 Å². The molecule has 0 aromatic rings. The molecule has 1 aliphatic rings. The zero-order valence-corrected chi connectivity index (χ0v) is 12.4. The van der Waals surface area contributed by atoms with Crippen LogP contribution in [0.2, 0.25) is 0 Å². The summed E-state index contributed by atoms with van der Waals surface area (Å²) in [5.74, 6) is 1.17. The van der Waals surface area contributed by atoms with Crippen LogP contribution in [-0.2, 0) is 14.3 Å². The van der Waals surface area contributed by atoms with Crippen molar-refractivity contribution in [3.63, 3.8) is 0 Å². The van der Waals surface area contributed by atoms with E-state index in [9.17, 15) is 4.79 Å². The lowest BCUT2D eigenvalue weighted by atomic mass is 9.83. The second kappa shape index (κ2) is 9.32. The smallest absolute Gasteiger partial charge is 0.217 e. The van der Waals surface area contributed by atoms with E-state index >= 15 is 0 Å². The first-order valence-corrected chi connectivity index (χ1v) is 7.55. The SMILES string of the molecule is CC(C)OCC1CCC(COCCCC(N)=O)CC1. The minimum absolute atomic E-state index is 0.241. The maximum absolute atomic E-state index is 10.6. The molecule has 0 aromatic heterocycles. The van der Waals surface area contributed by atoms with Gasteiger partial charge in [-0.25, -0.2) is 0 Å². The highest BCUT2D eigenvalue weighted by Crippen LogP contribution is 2.29. The van der Waals surface area contributed by atoms with E-state index in [0.717, 1.165) is 25.6 Å². The first-order valence-electron chi connectivity index (χ1n) is 7.55. The van der Waals surface area contributed by atoms with Gasteiger partial charge in [0, 0.05) is 26.2 Å². The van der Waals surface area contributed by atoms with Crippen molar-refractivity contribution in [1.29, 1.82) is 0 Å². The highest BCUT2D eigenvalue weighted by molar-refractivity contribution is 5.73. The minimum Gasteiger partial charge on any atom is -0.381 e. The van der Waals surface area contributed by atoms with Crippen molar-refractivity contribution >= 4 is 5.91 Å². The van der Waals surface area contributed by atoms with Crippen LogP contribution in [0.1, 0.15) is 52.4 Å². The Balaban J connectivity index is 1.99. The highest BCUT2D eigenvalue weighted by Gasteiger charge is 2.21. The number of carbonyl (C=O) groups excluding carboxylic acids is 1. The molecule has 1 aliphatic carbocycles. The zero-order chi connectivity index (χ0) is 14.1. The van der Waals surface area contributed by atoms with Crippen molar-refractivity contribution in [3.05, 3.63) is 0 Å². The number of carbonyl (C=O) groups is 1. The van der Waals surface area contributed by atoms with E-state index in [1.807, 2.05) is 0 Å². The molecule has 1 fully saturated rings. The molecule has 1 amide bonds. The third-order valence-corrected chi connectivity index (χ3v) is 3.70. The molecule has 0 atom stereocenters. The second-order valence-corrected chi connectivity index (χ2v) is 5.91. The van der Waals surface area contributed by atoms with Crippen molar-refractivity contribution in [1.82, 2.24) is 0 Å². The van der Waals surface area contributed by atoms with Crippen LogP contribution < -0.4 is 5.73 Å². The maximum Gasteiger partial charge on any atom is 0.217 e. The first-order chi connectivity index (χ1) is 9.08. The molecule has 112 valence electrons. The number of ether oxygens (including phenoxy) is 2. The summed E-state index contributed by atoms with van der Waals surface area (Å²) in [5.41, 5.74) is 5.08. The highest BCUT2D eigenvalue weighted by atomic mass is 16.5. The Bertz CT molecular complexity index is 248. The molecule has 1 saturated carbocycles. The van der Waals surface area contributed by atoms with E-state index < -0.39 is 0 Å². The number of nitrogens with two attached hydrogens (primary N) is 1. The molecule has 19 heavy (non-hydrogen) atoms. The van der Waals surface area contributed by atoms with Gasteiger partial charge in [0.15, 0.2) is 0 Å². The van der Waals surface area contributed by atoms with Gasteiger partial charge in [0.2, 0.25) is 5.91 Å². The summed E-state index contributed by atoms with van der Waals surface area (Å²) in [7, 11) is 0. The Morgan fingerprint density at radius 3 is 2.26 bits per heavy atom. The second-order valence-electron chi connectivity index (χ2n) is 5.91. The Morgan fingerprint density at radius 1 is 1.16 bits per heavy atom. The Labute approximate surface area is 117 Å². The van der Waals surface area contributed by atoms with Gasteiger partial charge in [-0.1, -0.05) is 0 Å². The lowest BCUT2D eigenvalue weighted by molar-refractivity contribution is -0.118. The number of amides is 1. The summed E-state index contributed by atoms with van der Waals surface area (Å²) < 4.78 is 11.3. The molecule has 2 N–H and O–H groups in total. The van der Waals surface area contributed by atoms with Gasteiger partial charge in [-0.2, -0.15) is 0 Å². The fraction of sp³-hybridized carbons (Fsp3) is 0.933. The molecule has 0 bridgehead atoms. The Morgan fingerprint density at radius 2 is 1.74 bits per heavy atom. The van der Waals surface area contributed by atoms with Gasteiger partial charge in [0.1, 0.15) is 0 Å². The fourth-order valence-corrected chi connectivity index (χ4v) is 2.49.